The van der Waals surface area contributed by atoms with Crippen molar-refractivity contribution in [2.75, 3.05) is 5.32 Å². The van der Waals surface area contributed by atoms with Gasteiger partial charge in [-0.15, -0.1) is 0 Å². The number of anilines is 1. The van der Waals surface area contributed by atoms with Gasteiger partial charge in [0.25, 0.3) is 0 Å². The van der Waals surface area contributed by atoms with Crippen LogP contribution in [0.5, 0.6) is 0 Å². The SMILES string of the molecule is CC(C)C(=O)Nc1ccc(CNC(=O)Cn2ncc(=O)c3ccccc32)cc1. The van der Waals surface area contributed by atoms with E-state index in [1.807, 2.05) is 26.0 Å². The summed E-state index contributed by atoms with van der Waals surface area (Å²) in [6.07, 6.45) is 1.22. The van der Waals surface area contributed by atoms with Crippen LogP contribution in [0.25, 0.3) is 10.9 Å². The predicted octanol–water partition coefficient (Wildman–Crippen LogP) is 2.31. The number of para-hydroxylation sites is 1. The lowest BCUT2D eigenvalue weighted by Crippen LogP contribution is -2.28. The molecule has 3 rings (SSSR count). The van der Waals surface area contributed by atoms with Crippen molar-refractivity contribution in [3.8, 4) is 0 Å². The maximum Gasteiger partial charge on any atom is 0.242 e. The summed E-state index contributed by atoms with van der Waals surface area (Å²) in [5.74, 6) is -0.336. The van der Waals surface area contributed by atoms with E-state index < -0.39 is 0 Å². The largest absolute Gasteiger partial charge is 0.350 e. The molecule has 0 spiro atoms. The number of aromatic nitrogens is 2. The van der Waals surface area contributed by atoms with Gasteiger partial charge < -0.3 is 10.6 Å². The zero-order chi connectivity index (χ0) is 20.1. The molecule has 0 bridgehead atoms. The van der Waals surface area contributed by atoms with Gasteiger partial charge in [-0.2, -0.15) is 5.10 Å². The van der Waals surface area contributed by atoms with Crippen LogP contribution in [0.2, 0.25) is 0 Å². The number of amides is 2. The smallest absolute Gasteiger partial charge is 0.242 e. The fourth-order valence-electron chi connectivity index (χ4n) is 2.67. The Labute approximate surface area is 162 Å². The van der Waals surface area contributed by atoms with Gasteiger partial charge in [0.15, 0.2) is 0 Å². The highest BCUT2D eigenvalue weighted by atomic mass is 16.2. The molecule has 0 atom stereocenters. The van der Waals surface area contributed by atoms with Crippen molar-refractivity contribution < 1.29 is 9.59 Å². The predicted molar refractivity (Wildman–Crippen MR) is 108 cm³/mol. The molecule has 3 aromatic rings. The Morgan fingerprint density at radius 3 is 2.50 bits per heavy atom. The molecule has 28 heavy (non-hydrogen) atoms. The molecule has 2 aromatic carbocycles. The van der Waals surface area contributed by atoms with E-state index in [4.69, 9.17) is 0 Å². The van der Waals surface area contributed by atoms with Crippen LogP contribution in [0.4, 0.5) is 5.69 Å². The quantitative estimate of drug-likeness (QED) is 0.688. The highest BCUT2D eigenvalue weighted by molar-refractivity contribution is 5.92. The van der Waals surface area contributed by atoms with Crippen LogP contribution in [0, 0.1) is 5.92 Å². The molecule has 0 aliphatic rings. The molecule has 2 amide bonds. The molecule has 144 valence electrons. The summed E-state index contributed by atoms with van der Waals surface area (Å²) in [5, 5.41) is 10.3. The van der Waals surface area contributed by atoms with E-state index in [9.17, 15) is 14.4 Å². The molecule has 1 heterocycles. The molecule has 0 saturated carbocycles. The first-order valence-electron chi connectivity index (χ1n) is 9.05. The summed E-state index contributed by atoms with van der Waals surface area (Å²) < 4.78 is 1.51. The van der Waals surface area contributed by atoms with Gasteiger partial charge in [-0.3, -0.25) is 19.1 Å². The number of hydrogen-bond acceptors (Lipinski definition) is 4. The summed E-state index contributed by atoms with van der Waals surface area (Å²) in [6.45, 7) is 4.04. The number of carbonyl (C=O) groups is 2. The minimum atomic E-state index is -0.210. The molecular formula is C21H22N4O3. The summed E-state index contributed by atoms with van der Waals surface area (Å²) >= 11 is 0. The van der Waals surface area contributed by atoms with Crippen molar-refractivity contribution >= 4 is 28.4 Å². The van der Waals surface area contributed by atoms with Crippen LogP contribution in [0.15, 0.2) is 59.5 Å². The van der Waals surface area contributed by atoms with Gasteiger partial charge in [-0.05, 0) is 29.8 Å². The van der Waals surface area contributed by atoms with Crippen LogP contribution < -0.4 is 16.1 Å². The number of rotatable bonds is 6. The summed E-state index contributed by atoms with van der Waals surface area (Å²) in [5.41, 5.74) is 2.08. The van der Waals surface area contributed by atoms with Crippen molar-refractivity contribution in [1.29, 1.82) is 0 Å². The Morgan fingerprint density at radius 1 is 1.07 bits per heavy atom. The van der Waals surface area contributed by atoms with Gasteiger partial charge >= 0.3 is 0 Å². The summed E-state index contributed by atoms with van der Waals surface area (Å²) in [4.78, 5) is 35.9. The van der Waals surface area contributed by atoms with Crippen LogP contribution >= 0.6 is 0 Å². The topological polar surface area (TPSA) is 93.1 Å². The fourth-order valence-corrected chi connectivity index (χ4v) is 2.67. The standard InChI is InChI=1S/C21H22N4O3/c1-14(2)21(28)24-16-9-7-15(8-10-16)11-22-20(27)13-25-18-6-4-3-5-17(18)19(26)12-23-25/h3-10,12,14H,11,13H2,1-2H3,(H,22,27)(H,24,28). The van der Waals surface area contributed by atoms with Gasteiger partial charge in [0, 0.05) is 23.5 Å². The molecule has 7 nitrogen and oxygen atoms in total. The zero-order valence-electron chi connectivity index (χ0n) is 15.8. The van der Waals surface area contributed by atoms with Gasteiger partial charge in [0.1, 0.15) is 6.54 Å². The summed E-state index contributed by atoms with van der Waals surface area (Å²) in [7, 11) is 0. The number of benzene rings is 2. The third-order valence-corrected chi connectivity index (χ3v) is 4.29. The minimum absolute atomic E-state index is 0.0172. The van der Waals surface area contributed by atoms with Crippen molar-refractivity contribution in [2.45, 2.75) is 26.9 Å². The second kappa shape index (κ2) is 8.47. The average Bonchev–Trinajstić information content (AvgIpc) is 2.70. The van der Waals surface area contributed by atoms with E-state index in [0.29, 0.717) is 17.4 Å². The Hall–Kier alpha value is -3.48. The molecule has 0 unspecified atom stereocenters. The Kier molecular flexibility index (Phi) is 5.84. The highest BCUT2D eigenvalue weighted by Crippen LogP contribution is 2.11. The monoisotopic (exact) mass is 378 g/mol. The van der Waals surface area contributed by atoms with Gasteiger partial charge in [-0.25, -0.2) is 0 Å². The van der Waals surface area contributed by atoms with Gasteiger partial charge in [-0.1, -0.05) is 38.1 Å². The van der Waals surface area contributed by atoms with E-state index in [1.54, 1.807) is 36.4 Å². The highest BCUT2D eigenvalue weighted by Gasteiger charge is 2.09. The lowest BCUT2D eigenvalue weighted by atomic mass is 10.1. The first-order chi connectivity index (χ1) is 13.4. The Bertz CT molecular complexity index is 1060. The van der Waals surface area contributed by atoms with E-state index in [0.717, 1.165) is 11.3 Å². The second-order valence-electron chi connectivity index (χ2n) is 6.80. The maximum atomic E-state index is 12.3. The number of nitrogens with zero attached hydrogens (tertiary/aromatic N) is 2. The van der Waals surface area contributed by atoms with Crippen LogP contribution in [-0.4, -0.2) is 21.6 Å². The summed E-state index contributed by atoms with van der Waals surface area (Å²) in [6, 6.07) is 14.4. The molecule has 0 saturated heterocycles. The van der Waals surface area contributed by atoms with Crippen molar-refractivity contribution in [1.82, 2.24) is 15.1 Å². The molecule has 0 fully saturated rings. The Balaban J connectivity index is 1.60. The lowest BCUT2D eigenvalue weighted by Gasteiger charge is -2.11. The molecule has 2 N–H and O–H groups in total. The van der Waals surface area contributed by atoms with Crippen LogP contribution in [-0.2, 0) is 22.7 Å². The lowest BCUT2D eigenvalue weighted by molar-refractivity contribution is -0.122. The first kappa shape index (κ1) is 19.3. The van der Waals surface area contributed by atoms with Gasteiger partial charge in [0.2, 0.25) is 17.2 Å². The molecule has 0 aliphatic heterocycles. The number of fused-ring (bicyclic) bond motifs is 1. The zero-order valence-corrected chi connectivity index (χ0v) is 15.8. The van der Waals surface area contributed by atoms with Crippen molar-refractivity contribution in [3.63, 3.8) is 0 Å². The third kappa shape index (κ3) is 4.62. The normalized spacial score (nSPS) is 10.8. The van der Waals surface area contributed by atoms with E-state index in [-0.39, 0.29) is 29.7 Å². The van der Waals surface area contributed by atoms with Crippen LogP contribution in [0.3, 0.4) is 0 Å². The number of nitrogens with one attached hydrogen (secondary N) is 2. The molecule has 1 aromatic heterocycles. The van der Waals surface area contributed by atoms with Crippen molar-refractivity contribution in [3.05, 3.63) is 70.5 Å². The fraction of sp³-hybridized carbons (Fsp3) is 0.238. The third-order valence-electron chi connectivity index (χ3n) is 4.29. The van der Waals surface area contributed by atoms with E-state index in [1.165, 1.54) is 10.9 Å². The van der Waals surface area contributed by atoms with Crippen molar-refractivity contribution in [2.24, 2.45) is 5.92 Å². The first-order valence-corrected chi connectivity index (χ1v) is 9.05. The van der Waals surface area contributed by atoms with Gasteiger partial charge in [0.05, 0.1) is 11.7 Å². The molecule has 0 radical (unpaired) electrons. The van der Waals surface area contributed by atoms with E-state index >= 15 is 0 Å². The maximum absolute atomic E-state index is 12.3. The van der Waals surface area contributed by atoms with Crippen LogP contribution in [0.1, 0.15) is 19.4 Å². The number of carbonyl (C=O) groups excluding carboxylic acids is 2. The molecule has 7 heteroatoms. The average molecular weight is 378 g/mol. The second-order valence-corrected chi connectivity index (χ2v) is 6.80. The molecular weight excluding hydrogens is 356 g/mol. The molecule has 0 aliphatic carbocycles. The Morgan fingerprint density at radius 2 is 1.79 bits per heavy atom. The minimum Gasteiger partial charge on any atom is -0.350 e. The van der Waals surface area contributed by atoms with E-state index in [2.05, 4.69) is 15.7 Å². The number of hydrogen-bond donors (Lipinski definition) is 2.